The van der Waals surface area contributed by atoms with Crippen molar-refractivity contribution in [3.8, 4) is 0 Å². The van der Waals surface area contributed by atoms with Crippen molar-refractivity contribution in [2.45, 2.75) is 18.9 Å². The highest BCUT2D eigenvalue weighted by Gasteiger charge is 2.18. The zero-order valence-corrected chi connectivity index (χ0v) is 8.48. The van der Waals surface area contributed by atoms with E-state index in [0.29, 0.717) is 0 Å². The van der Waals surface area contributed by atoms with Crippen LogP contribution in [0.15, 0.2) is 11.5 Å². The van der Waals surface area contributed by atoms with Crippen molar-refractivity contribution in [3.05, 3.63) is 11.5 Å². The molecule has 3 nitrogen and oxygen atoms in total. The van der Waals surface area contributed by atoms with E-state index in [4.69, 9.17) is 10.7 Å². The largest absolute Gasteiger partial charge is 0.300 e. The van der Waals surface area contributed by atoms with Crippen LogP contribution in [-0.4, -0.2) is 33.0 Å². The van der Waals surface area contributed by atoms with E-state index >= 15 is 0 Å². The maximum atomic E-state index is 10.6. The van der Waals surface area contributed by atoms with E-state index in [1.54, 1.807) is 6.08 Å². The van der Waals surface area contributed by atoms with Gasteiger partial charge in [0.05, 0.1) is 0 Å². The van der Waals surface area contributed by atoms with Crippen molar-refractivity contribution >= 4 is 19.7 Å². The topological polar surface area (TPSA) is 37.4 Å². The number of nitrogens with zero attached hydrogens (tertiary/aromatic N) is 1. The first kappa shape index (κ1) is 10.0. The van der Waals surface area contributed by atoms with E-state index in [0.717, 1.165) is 24.8 Å². The molecule has 0 aromatic rings. The molecule has 1 aliphatic heterocycles. The van der Waals surface area contributed by atoms with Crippen LogP contribution in [0.3, 0.4) is 0 Å². The van der Waals surface area contributed by atoms with Gasteiger partial charge in [0.2, 0.25) is 0 Å². The van der Waals surface area contributed by atoms with E-state index < -0.39 is 9.05 Å². The SMILES string of the molecule is CN1CCCC1/C=C\S(=O)(=O)Cl. The summed E-state index contributed by atoms with van der Waals surface area (Å²) in [4.78, 5) is 2.11. The molecule has 1 saturated heterocycles. The maximum absolute atomic E-state index is 10.6. The lowest BCUT2D eigenvalue weighted by Crippen LogP contribution is -2.22. The number of hydrogen-bond acceptors (Lipinski definition) is 3. The molecule has 0 spiro atoms. The Morgan fingerprint density at radius 2 is 2.25 bits per heavy atom. The smallest absolute Gasteiger partial charge is 0.254 e. The third kappa shape index (κ3) is 3.13. The Morgan fingerprint density at radius 3 is 2.67 bits per heavy atom. The summed E-state index contributed by atoms with van der Waals surface area (Å²) >= 11 is 0. The minimum Gasteiger partial charge on any atom is -0.300 e. The fourth-order valence-corrected chi connectivity index (χ4v) is 1.91. The molecule has 1 heterocycles. The van der Waals surface area contributed by atoms with E-state index in [-0.39, 0.29) is 6.04 Å². The molecular weight excluding hydrogens is 198 g/mol. The van der Waals surface area contributed by atoms with Crippen molar-refractivity contribution < 1.29 is 8.42 Å². The highest BCUT2D eigenvalue weighted by atomic mass is 35.7. The Morgan fingerprint density at radius 1 is 1.58 bits per heavy atom. The van der Waals surface area contributed by atoms with Crippen molar-refractivity contribution in [1.29, 1.82) is 0 Å². The number of halogens is 1. The predicted octanol–water partition coefficient (Wildman–Crippen LogP) is 1.16. The second-order valence-electron chi connectivity index (χ2n) is 2.99. The predicted molar refractivity (Wildman–Crippen MR) is 49.6 cm³/mol. The van der Waals surface area contributed by atoms with E-state index in [2.05, 4.69) is 4.90 Å². The molecule has 1 aliphatic rings. The van der Waals surface area contributed by atoms with Crippen LogP contribution >= 0.6 is 10.7 Å². The van der Waals surface area contributed by atoms with Crippen molar-refractivity contribution in [3.63, 3.8) is 0 Å². The van der Waals surface area contributed by atoms with Gasteiger partial charge < -0.3 is 0 Å². The van der Waals surface area contributed by atoms with Gasteiger partial charge in [0.15, 0.2) is 0 Å². The van der Waals surface area contributed by atoms with Crippen LogP contribution in [0.2, 0.25) is 0 Å². The summed E-state index contributed by atoms with van der Waals surface area (Å²) in [5.41, 5.74) is 0. The molecule has 0 aromatic heterocycles. The van der Waals surface area contributed by atoms with Crippen LogP contribution in [0, 0.1) is 0 Å². The average molecular weight is 210 g/mol. The third-order valence-corrected chi connectivity index (χ3v) is 2.83. The van der Waals surface area contributed by atoms with Gasteiger partial charge in [0, 0.05) is 22.1 Å². The standard InChI is InChI=1S/C7H12ClNO2S/c1-9-5-2-3-7(9)4-6-12(8,10)11/h4,6-7H,2-3,5H2,1H3/b6-4-. The highest BCUT2D eigenvalue weighted by Crippen LogP contribution is 2.16. The van der Waals surface area contributed by atoms with Gasteiger partial charge in [0.25, 0.3) is 9.05 Å². The lowest BCUT2D eigenvalue weighted by molar-refractivity contribution is 0.357. The Bertz CT molecular complexity index is 273. The summed E-state index contributed by atoms with van der Waals surface area (Å²) in [6, 6.07) is 0.235. The minimum atomic E-state index is -3.47. The second-order valence-corrected chi connectivity index (χ2v) is 5.51. The first-order valence-electron chi connectivity index (χ1n) is 3.82. The Balaban J connectivity index is 2.56. The van der Waals surface area contributed by atoms with Crippen LogP contribution in [0.1, 0.15) is 12.8 Å². The van der Waals surface area contributed by atoms with E-state index in [9.17, 15) is 8.42 Å². The average Bonchev–Trinajstić information content (AvgIpc) is 2.29. The first-order valence-corrected chi connectivity index (χ1v) is 6.19. The molecule has 0 saturated carbocycles. The number of likely N-dealkylation sites (tertiary alicyclic amines) is 1. The van der Waals surface area contributed by atoms with Gasteiger partial charge in [-0.3, -0.25) is 4.90 Å². The fourth-order valence-electron chi connectivity index (χ4n) is 1.36. The van der Waals surface area contributed by atoms with E-state index in [1.165, 1.54) is 0 Å². The molecule has 12 heavy (non-hydrogen) atoms. The highest BCUT2D eigenvalue weighted by molar-refractivity contribution is 8.16. The minimum absolute atomic E-state index is 0.235. The fraction of sp³-hybridized carbons (Fsp3) is 0.714. The summed E-state index contributed by atoms with van der Waals surface area (Å²) in [7, 11) is 3.53. The summed E-state index contributed by atoms with van der Waals surface area (Å²) in [6.07, 6.45) is 3.78. The maximum Gasteiger partial charge on any atom is 0.254 e. The third-order valence-electron chi connectivity index (χ3n) is 2.04. The molecule has 1 fully saturated rings. The molecule has 0 aromatic carbocycles. The molecule has 0 amide bonds. The number of likely N-dealkylation sites (N-methyl/N-ethyl adjacent to an activating group) is 1. The van der Waals surface area contributed by atoms with Gasteiger partial charge in [-0.2, -0.15) is 0 Å². The molecule has 1 rings (SSSR count). The van der Waals surface area contributed by atoms with Crippen LogP contribution in [-0.2, 0) is 9.05 Å². The van der Waals surface area contributed by atoms with Gasteiger partial charge in [-0.1, -0.05) is 6.08 Å². The lowest BCUT2D eigenvalue weighted by Gasteiger charge is -2.14. The molecule has 0 N–H and O–H groups in total. The van der Waals surface area contributed by atoms with Crippen LogP contribution in [0.25, 0.3) is 0 Å². The molecule has 1 unspecified atom stereocenters. The molecular formula is C7H12ClNO2S. The quantitative estimate of drug-likeness (QED) is 0.641. The Labute approximate surface area is 77.4 Å². The van der Waals surface area contributed by atoms with Gasteiger partial charge >= 0.3 is 0 Å². The van der Waals surface area contributed by atoms with Gasteiger partial charge in [-0.05, 0) is 26.4 Å². The van der Waals surface area contributed by atoms with Gasteiger partial charge in [-0.15, -0.1) is 0 Å². The molecule has 0 bridgehead atoms. The number of rotatable bonds is 2. The lowest BCUT2D eigenvalue weighted by atomic mass is 10.2. The van der Waals surface area contributed by atoms with Crippen molar-refractivity contribution in [2.75, 3.05) is 13.6 Å². The monoisotopic (exact) mass is 209 g/mol. The Kier molecular flexibility index (Phi) is 3.15. The van der Waals surface area contributed by atoms with Crippen LogP contribution in [0.4, 0.5) is 0 Å². The van der Waals surface area contributed by atoms with Gasteiger partial charge in [0.1, 0.15) is 0 Å². The molecule has 1 atom stereocenters. The van der Waals surface area contributed by atoms with Crippen LogP contribution < -0.4 is 0 Å². The summed E-state index contributed by atoms with van der Waals surface area (Å²) in [6.45, 7) is 1.03. The number of hydrogen-bond donors (Lipinski definition) is 0. The van der Waals surface area contributed by atoms with Crippen LogP contribution in [0.5, 0.6) is 0 Å². The zero-order valence-electron chi connectivity index (χ0n) is 6.90. The molecule has 5 heteroatoms. The molecule has 0 aliphatic carbocycles. The summed E-state index contributed by atoms with van der Waals surface area (Å²) in [5, 5.41) is 1.07. The van der Waals surface area contributed by atoms with Crippen molar-refractivity contribution in [1.82, 2.24) is 4.90 Å². The second kappa shape index (κ2) is 3.77. The summed E-state index contributed by atoms with van der Waals surface area (Å²) < 4.78 is 21.1. The van der Waals surface area contributed by atoms with Crippen molar-refractivity contribution in [2.24, 2.45) is 0 Å². The van der Waals surface area contributed by atoms with E-state index in [1.807, 2.05) is 7.05 Å². The first-order chi connectivity index (χ1) is 5.49. The Hall–Kier alpha value is -0.0600. The molecule has 70 valence electrons. The normalized spacial score (nSPS) is 27.0. The van der Waals surface area contributed by atoms with Gasteiger partial charge in [-0.25, -0.2) is 8.42 Å². The molecule has 0 radical (unpaired) electrons. The zero-order chi connectivity index (χ0) is 9.19. The summed E-state index contributed by atoms with van der Waals surface area (Å²) in [5.74, 6) is 0.